The van der Waals surface area contributed by atoms with Gasteiger partial charge >= 0.3 is 0 Å². The van der Waals surface area contributed by atoms with Crippen molar-refractivity contribution in [2.75, 3.05) is 98.9 Å². The van der Waals surface area contributed by atoms with Crippen molar-refractivity contribution in [2.45, 2.75) is 215 Å². The zero-order valence-electron chi connectivity index (χ0n) is 53.2. The summed E-state index contributed by atoms with van der Waals surface area (Å²) in [6.45, 7) is 6.78. The summed E-state index contributed by atoms with van der Waals surface area (Å²) in [4.78, 5) is 91.9. The topological polar surface area (TPSA) is 510 Å². The number of amides is 7. The summed E-state index contributed by atoms with van der Waals surface area (Å²) >= 11 is 0. The number of aliphatic hydroxyl groups is 10. The summed E-state index contributed by atoms with van der Waals surface area (Å²) in [6.07, 6.45) is -16.4. The van der Waals surface area contributed by atoms with Crippen LogP contribution in [0, 0.1) is 5.92 Å². The predicted molar refractivity (Wildman–Crippen MR) is 315 cm³/mol. The molecule has 92 heavy (non-hydrogen) atoms. The summed E-state index contributed by atoms with van der Waals surface area (Å²) in [7, 11) is 0. The molecule has 0 bridgehead atoms. The molecule has 3 saturated heterocycles. The number of rotatable bonds is 40. The lowest BCUT2D eigenvalue weighted by molar-refractivity contribution is -0.275. The average Bonchev–Trinajstić information content (AvgIpc) is 0.846. The molecule has 0 aromatic carbocycles. The smallest absolute Gasteiger partial charge is 0.242 e. The minimum absolute atomic E-state index is 0.00589. The molecule has 35 nitrogen and oxygen atoms in total. The highest BCUT2D eigenvalue weighted by Crippen LogP contribution is 2.30. The Morgan fingerprint density at radius 1 is 0.500 bits per heavy atom. The third kappa shape index (κ3) is 27.7. The molecule has 0 aromatic rings. The van der Waals surface area contributed by atoms with Crippen LogP contribution in [0.1, 0.15) is 92.9 Å². The van der Waals surface area contributed by atoms with Crippen LogP contribution in [0.3, 0.4) is 0 Å². The number of nitrogens with one attached hydrogen (secondary N) is 8. The first-order chi connectivity index (χ1) is 43.7. The molecule has 4 fully saturated rings. The van der Waals surface area contributed by atoms with E-state index in [1.165, 1.54) is 20.8 Å². The van der Waals surface area contributed by atoms with Crippen molar-refractivity contribution in [3.05, 3.63) is 0 Å². The monoisotopic (exact) mass is 1330 g/mol. The lowest BCUT2D eigenvalue weighted by Gasteiger charge is -2.42. The van der Waals surface area contributed by atoms with Crippen LogP contribution in [0.5, 0.6) is 0 Å². The van der Waals surface area contributed by atoms with Crippen molar-refractivity contribution in [1.29, 1.82) is 0 Å². The number of aliphatic hydroxyl groups excluding tert-OH is 10. The van der Waals surface area contributed by atoms with E-state index in [-0.39, 0.29) is 111 Å². The summed E-state index contributed by atoms with van der Waals surface area (Å²) in [5.41, 5.74) is -0.394. The van der Waals surface area contributed by atoms with Crippen LogP contribution in [0.25, 0.3) is 0 Å². The summed E-state index contributed by atoms with van der Waals surface area (Å²) in [5.74, 6) is -4.55. The maximum absolute atomic E-state index is 13.8. The van der Waals surface area contributed by atoms with Crippen LogP contribution < -0.4 is 42.5 Å². The van der Waals surface area contributed by atoms with Crippen molar-refractivity contribution in [1.82, 2.24) is 42.5 Å². The fraction of sp³-hybridized carbons (Fsp3) is 0.877. The molecule has 3 aliphatic heterocycles. The van der Waals surface area contributed by atoms with Crippen molar-refractivity contribution < 1.29 is 132 Å². The molecule has 4 aliphatic rings. The maximum atomic E-state index is 13.8. The number of carbonyl (C=O) groups excluding carboxylic acids is 7. The van der Waals surface area contributed by atoms with E-state index in [0.29, 0.717) is 25.7 Å². The first kappa shape index (κ1) is 79.9. The minimum Gasteiger partial charge on any atom is -0.394 e. The van der Waals surface area contributed by atoms with Gasteiger partial charge in [0.2, 0.25) is 41.4 Å². The third-order valence-corrected chi connectivity index (χ3v) is 15.2. The van der Waals surface area contributed by atoms with Gasteiger partial charge in [-0.1, -0.05) is 0 Å². The van der Waals surface area contributed by atoms with Crippen LogP contribution in [-0.2, 0) is 80.9 Å². The second-order valence-corrected chi connectivity index (χ2v) is 23.8. The van der Waals surface area contributed by atoms with Gasteiger partial charge in [-0.25, -0.2) is 0 Å². The molecule has 0 spiro atoms. The predicted octanol–water partition coefficient (Wildman–Crippen LogP) is -8.04. The van der Waals surface area contributed by atoms with E-state index in [2.05, 4.69) is 42.5 Å². The van der Waals surface area contributed by atoms with Gasteiger partial charge in [-0.3, -0.25) is 38.9 Å². The fourth-order valence-corrected chi connectivity index (χ4v) is 10.6. The minimum atomic E-state index is -1.52. The summed E-state index contributed by atoms with van der Waals surface area (Å²) in [6, 6.07) is -5.98. The van der Waals surface area contributed by atoms with Crippen molar-refractivity contribution in [3.63, 3.8) is 0 Å². The Morgan fingerprint density at radius 2 is 0.880 bits per heavy atom. The van der Waals surface area contributed by atoms with Gasteiger partial charge in [-0.05, 0) is 66.2 Å². The highest BCUT2D eigenvalue weighted by molar-refractivity contribution is 5.90. The molecule has 3 heterocycles. The van der Waals surface area contributed by atoms with Gasteiger partial charge in [0, 0.05) is 52.2 Å². The molecule has 1 saturated carbocycles. The Labute approximate surface area is 534 Å². The Kier molecular flexibility index (Phi) is 36.0. The zero-order chi connectivity index (χ0) is 68.1. The van der Waals surface area contributed by atoms with E-state index in [4.69, 9.17) is 47.4 Å². The van der Waals surface area contributed by atoms with E-state index in [1.807, 2.05) is 20.8 Å². The van der Waals surface area contributed by atoms with E-state index >= 15 is 0 Å². The highest BCUT2D eigenvalue weighted by Gasteiger charge is 2.48. The summed E-state index contributed by atoms with van der Waals surface area (Å²) in [5, 5.41) is 122. The normalized spacial score (nSPS) is 30.2. The van der Waals surface area contributed by atoms with E-state index < -0.39 is 183 Å². The second-order valence-electron chi connectivity index (χ2n) is 23.8. The van der Waals surface area contributed by atoms with Crippen LogP contribution in [0.2, 0.25) is 0 Å². The Bertz CT molecular complexity index is 2220. The Morgan fingerprint density at radius 3 is 1.27 bits per heavy atom. The highest BCUT2D eigenvalue weighted by atomic mass is 16.7. The van der Waals surface area contributed by atoms with Gasteiger partial charge in [0.25, 0.3) is 0 Å². The fourth-order valence-electron chi connectivity index (χ4n) is 10.6. The average molecular weight is 1330 g/mol. The quantitative estimate of drug-likeness (QED) is 0.0200. The number of hydrogen-bond donors (Lipinski definition) is 18. The SMILES string of the molecule is CC(=O)NC1C(OCCOCCNC(=O)CCC(NC(=O)CCC(NC(=O)[C@H]2CC[C@H](OC(C)(C)C)CC2)C(=O)NCCOCCOC2OC(CO)C(O)C(O)C2NC(C)=O)C(=O)NCCOCCOC2OC(CO)C(O)C(O)C2NC(C)O)OC(CO)C(O)C1O. The van der Waals surface area contributed by atoms with Crippen LogP contribution in [-0.4, -0.2) is 313 Å². The number of ether oxygens (including phenoxy) is 10. The molecule has 4 rings (SSSR count). The van der Waals surface area contributed by atoms with Gasteiger partial charge in [0.15, 0.2) is 18.9 Å². The zero-order valence-corrected chi connectivity index (χ0v) is 53.2. The van der Waals surface area contributed by atoms with Gasteiger partial charge in [0.05, 0.1) is 97.0 Å². The van der Waals surface area contributed by atoms with E-state index in [0.717, 1.165) is 0 Å². The molecule has 7 amide bonds. The molecule has 0 aromatic heterocycles. The lowest BCUT2D eigenvalue weighted by atomic mass is 9.86. The maximum Gasteiger partial charge on any atom is 0.242 e. The molecule has 18 N–H and O–H groups in total. The van der Waals surface area contributed by atoms with E-state index in [1.54, 1.807) is 0 Å². The van der Waals surface area contributed by atoms with Crippen LogP contribution in [0.15, 0.2) is 0 Å². The first-order valence-corrected chi connectivity index (χ1v) is 31.2. The molecule has 0 radical (unpaired) electrons. The number of carbonyl (C=O) groups is 7. The third-order valence-electron chi connectivity index (χ3n) is 15.2. The van der Waals surface area contributed by atoms with Gasteiger partial charge in [0.1, 0.15) is 85.3 Å². The Hall–Kier alpha value is -4.55. The molecule has 18 atom stereocenters. The van der Waals surface area contributed by atoms with Gasteiger partial charge in [-0.15, -0.1) is 0 Å². The molecular weight excluding hydrogens is 1230 g/mol. The second kappa shape index (κ2) is 41.4. The molecule has 532 valence electrons. The Balaban J connectivity index is 1.35. The first-order valence-electron chi connectivity index (χ1n) is 31.2. The van der Waals surface area contributed by atoms with Crippen molar-refractivity contribution in [3.8, 4) is 0 Å². The molecule has 18 unspecified atom stereocenters. The number of hydrogen-bond acceptors (Lipinski definition) is 28. The van der Waals surface area contributed by atoms with Gasteiger partial charge < -0.3 is 136 Å². The van der Waals surface area contributed by atoms with Crippen molar-refractivity contribution >= 4 is 41.4 Å². The molecule has 1 aliphatic carbocycles. The largest absolute Gasteiger partial charge is 0.394 e. The van der Waals surface area contributed by atoms with E-state index in [9.17, 15) is 84.6 Å². The van der Waals surface area contributed by atoms with Crippen LogP contribution in [0.4, 0.5) is 0 Å². The lowest BCUT2D eigenvalue weighted by Crippen LogP contribution is -2.65. The van der Waals surface area contributed by atoms with Gasteiger partial charge in [-0.2, -0.15) is 0 Å². The van der Waals surface area contributed by atoms with Crippen molar-refractivity contribution in [2.24, 2.45) is 5.92 Å². The summed E-state index contributed by atoms with van der Waals surface area (Å²) < 4.78 is 56.6. The molecule has 35 heteroatoms. The van der Waals surface area contributed by atoms with Crippen LogP contribution >= 0.6 is 0 Å². The molecular formula is C57H102N8O27. The standard InChI is InChI=1S/C57H102N8O27/c1-30(69)61-42-48(77)45(74)37(27-66)89-54(42)86-24-21-83-18-15-58-40(72)13-11-35(52(81)59-16-19-84-22-25-87-55-43(62-31(2)70)49(78)46(75)38(28-67)90-55)64-41(73)14-12-36(65-51(80)33-7-9-34(10-8-33)92-57(4,5)6)53(82)60-17-20-85-23-26-88-56-44(63-32(3)71)50(79)47(76)39(29-68)91-56/h31,33-39,42-50,54-56,62,66-68,70,74-79H,7-29H2,1-6H3,(H,58,72)(H,59,81)(H,60,82)(H,61,69)(H,63,71)(H,64,73)(H,65,80)/t31?,33-,34-,35?,36?,37?,38?,39?,42?,43?,44?,45?,46?,47?,48?,49?,50?,54?,55?,56?.